The molecule has 0 bridgehead atoms. The van der Waals surface area contributed by atoms with Crippen molar-refractivity contribution in [2.45, 2.75) is 293 Å². The average molecular weight is 1160 g/mol. The first-order valence-electron chi connectivity index (χ1n) is 35.6. The third-order valence-electron chi connectivity index (χ3n) is 18.0. The van der Waals surface area contributed by atoms with Crippen LogP contribution in [0.1, 0.15) is 273 Å². The van der Waals surface area contributed by atoms with Crippen LogP contribution in [0.3, 0.4) is 0 Å². The van der Waals surface area contributed by atoms with Crippen LogP contribution in [0.25, 0.3) is 0 Å². The second kappa shape index (κ2) is 61.4. The van der Waals surface area contributed by atoms with Crippen LogP contribution in [0.15, 0.2) is 24.3 Å². The summed E-state index contributed by atoms with van der Waals surface area (Å²) < 4.78 is 0. The second-order valence-electron chi connectivity index (χ2n) is 26.5. The van der Waals surface area contributed by atoms with Crippen LogP contribution in [0, 0.1) is 47.3 Å². The summed E-state index contributed by atoms with van der Waals surface area (Å²) in [7, 11) is 0. The molecule has 82 heavy (non-hydrogen) atoms. The van der Waals surface area contributed by atoms with Gasteiger partial charge in [-0.2, -0.15) is 0 Å². The van der Waals surface area contributed by atoms with Crippen molar-refractivity contribution < 1.29 is 0 Å². The van der Waals surface area contributed by atoms with Crippen molar-refractivity contribution in [3.8, 4) is 0 Å². The smallest absolute Gasteiger partial charge is 0.0178 e. The lowest BCUT2D eigenvalue weighted by Gasteiger charge is -2.22. The maximum Gasteiger partial charge on any atom is 0.0178 e. The normalized spacial score (nSPS) is 26.9. The number of hydrogen-bond acceptors (Lipinski definition) is 11. The zero-order valence-electron chi connectivity index (χ0n) is 57.0. The number of benzene rings is 1. The maximum atomic E-state index is 5.73. The molecule has 1 aromatic carbocycles. The summed E-state index contributed by atoms with van der Waals surface area (Å²) in [5.41, 5.74) is 35.5. The molecule has 8 fully saturated rings. The summed E-state index contributed by atoms with van der Waals surface area (Å²) >= 11 is 0. The van der Waals surface area contributed by atoms with Gasteiger partial charge >= 0.3 is 0 Å². The Balaban J connectivity index is 0. The number of nitrogens with one attached hydrogen (secondary N) is 5. The van der Waals surface area contributed by atoms with Crippen LogP contribution >= 0.6 is 0 Å². The molecule has 8 aliphatic rings. The van der Waals surface area contributed by atoms with E-state index in [1.54, 1.807) is 0 Å². The fourth-order valence-corrected chi connectivity index (χ4v) is 11.2. The molecule has 0 aromatic heterocycles. The Morgan fingerprint density at radius 2 is 0.817 bits per heavy atom. The Morgan fingerprint density at radius 1 is 0.378 bits per heavy atom. The van der Waals surface area contributed by atoms with Crippen LogP contribution in [0.5, 0.6) is 0 Å². The van der Waals surface area contributed by atoms with E-state index in [1.165, 1.54) is 263 Å². The van der Waals surface area contributed by atoms with E-state index < -0.39 is 0 Å². The molecule has 3 aliphatic carbocycles. The van der Waals surface area contributed by atoms with Crippen LogP contribution < -0.4 is 61.0 Å². The number of hydrogen-bond donors (Lipinski definition) is 11. The fourth-order valence-electron chi connectivity index (χ4n) is 11.2. The van der Waals surface area contributed by atoms with Gasteiger partial charge in [0.2, 0.25) is 0 Å². The van der Waals surface area contributed by atoms with E-state index in [0.29, 0.717) is 24.7 Å². The molecular formula is C71H151N11. The van der Waals surface area contributed by atoms with Gasteiger partial charge in [-0.3, -0.25) is 0 Å². The number of nitrogens with two attached hydrogens (primary N) is 6. The van der Waals surface area contributed by atoms with E-state index in [0.717, 1.165) is 66.9 Å². The molecule has 0 amide bonds. The van der Waals surface area contributed by atoms with Gasteiger partial charge < -0.3 is 61.0 Å². The molecule has 1 aromatic rings. The van der Waals surface area contributed by atoms with Gasteiger partial charge in [-0.15, -0.1) is 0 Å². The third kappa shape index (κ3) is 55.4. The monoisotopic (exact) mass is 1160 g/mol. The van der Waals surface area contributed by atoms with Gasteiger partial charge in [0.05, 0.1) is 0 Å². The molecule has 0 radical (unpaired) electrons. The van der Waals surface area contributed by atoms with Crippen molar-refractivity contribution in [3.05, 3.63) is 35.4 Å². The van der Waals surface area contributed by atoms with Crippen molar-refractivity contribution in [2.75, 3.05) is 78.5 Å². The van der Waals surface area contributed by atoms with Gasteiger partial charge in [0.1, 0.15) is 0 Å². The van der Waals surface area contributed by atoms with Crippen molar-refractivity contribution in [1.82, 2.24) is 26.6 Å². The molecule has 17 N–H and O–H groups in total. The minimum atomic E-state index is 0.513. The predicted molar refractivity (Wildman–Crippen MR) is 369 cm³/mol. The first-order chi connectivity index (χ1) is 39.6. The number of unbranched alkanes of at least 4 members (excludes halogenated alkanes) is 3. The second-order valence-corrected chi connectivity index (χ2v) is 26.5. The van der Waals surface area contributed by atoms with Crippen LogP contribution in [0.4, 0.5) is 0 Å². The highest BCUT2D eigenvalue weighted by atomic mass is 14.9. The van der Waals surface area contributed by atoms with Crippen molar-refractivity contribution in [2.24, 2.45) is 81.7 Å². The number of aryl methyl sites for hydroxylation is 1. The standard InChI is InChI=1S/C9H13N.5C7H15N.3C6H13N.C5H13N.C4H11N/c1-2-8-4-3-5-9(6-8)7-10;2*1-6-2-4-7(8)5-3-6;1-6-3-2-4-7(8)5-6;1-2-7-3-5-8-6-4-7;1-2-7-4-3-5-8-6-7;1-6-2-4-7-5-3-6;1-6-3-2-4-7-5-6;1-2-6-3-4-7-5-6;1-2-3-4-5-6;1-2-3-4-5/h3-6H,2,7,10H2,1H3;3*6-7H,2-5,8H2,1H3;2*7-8H,2-6H2,1H3;3*6-7H,2-5H2,1H3;2-6H2,1H3;2-5H2,1H3. The molecule has 5 aliphatic heterocycles. The summed E-state index contributed by atoms with van der Waals surface area (Å²) in [5.74, 6) is 7.65. The zero-order chi connectivity index (χ0) is 61.3. The summed E-state index contributed by atoms with van der Waals surface area (Å²) in [4.78, 5) is 0. The van der Waals surface area contributed by atoms with E-state index >= 15 is 0 Å². The Bertz CT molecular complexity index is 1250. The lowest BCUT2D eigenvalue weighted by molar-refractivity contribution is 0.344. The first-order valence-corrected chi connectivity index (χ1v) is 35.6. The molecule has 11 nitrogen and oxygen atoms in total. The van der Waals surface area contributed by atoms with Gasteiger partial charge in [-0.25, -0.2) is 0 Å². The Kier molecular flexibility index (Phi) is 62.1. The van der Waals surface area contributed by atoms with Gasteiger partial charge in [0, 0.05) is 24.7 Å². The number of rotatable bonds is 10. The molecule has 5 saturated heterocycles. The molecule has 0 spiro atoms. The third-order valence-corrected chi connectivity index (χ3v) is 18.0. The van der Waals surface area contributed by atoms with Crippen LogP contribution in [0.2, 0.25) is 0 Å². The molecule has 3 saturated carbocycles. The first kappa shape index (κ1) is 82.8. The van der Waals surface area contributed by atoms with Gasteiger partial charge in [0.15, 0.2) is 0 Å². The van der Waals surface area contributed by atoms with Crippen molar-refractivity contribution in [3.63, 3.8) is 0 Å². The van der Waals surface area contributed by atoms with Crippen molar-refractivity contribution in [1.29, 1.82) is 0 Å². The van der Waals surface area contributed by atoms with Crippen LogP contribution in [-0.2, 0) is 13.0 Å². The molecule has 5 atom stereocenters. The van der Waals surface area contributed by atoms with Crippen molar-refractivity contribution >= 4 is 0 Å². The molecule has 5 unspecified atom stereocenters. The lowest BCUT2D eigenvalue weighted by atomic mass is 9.88. The Hall–Kier alpha value is -1.22. The average Bonchev–Trinajstić information content (AvgIpc) is 4.06. The molecule has 11 heteroatoms. The Labute approximate surface area is 513 Å². The van der Waals surface area contributed by atoms with E-state index in [9.17, 15) is 0 Å². The van der Waals surface area contributed by atoms with Gasteiger partial charge in [-0.05, 0) is 278 Å². The Morgan fingerprint density at radius 3 is 1.10 bits per heavy atom. The molecule has 490 valence electrons. The molecule has 5 heterocycles. The van der Waals surface area contributed by atoms with E-state index in [4.69, 9.17) is 34.4 Å². The summed E-state index contributed by atoms with van der Waals surface area (Å²) in [6.07, 6.45) is 39.5. The quantitative estimate of drug-likeness (QED) is 0.0991. The SMILES string of the molecule is CC1CCC(N)CC1.CC1CCC(N)CC1.CC1CCCC(N)C1.CC1CCCNC1.CC1CCNCC1.CCC1CCCNC1.CCC1CCNC1.CCC1CCNCC1.CCCCCN.CCCCN.CCc1cccc(CN)c1. The lowest BCUT2D eigenvalue weighted by Crippen LogP contribution is -2.29. The van der Waals surface area contributed by atoms with E-state index in [1.807, 2.05) is 0 Å². The predicted octanol–water partition coefficient (Wildman–Crippen LogP) is 14.0. The van der Waals surface area contributed by atoms with Gasteiger partial charge in [-0.1, -0.05) is 152 Å². The molecular weight excluding hydrogens is 1010 g/mol. The largest absolute Gasteiger partial charge is 0.330 e. The highest BCUT2D eigenvalue weighted by molar-refractivity contribution is 5.23. The topological polar surface area (TPSA) is 216 Å². The zero-order valence-corrected chi connectivity index (χ0v) is 57.0. The molecule has 9 rings (SSSR count). The minimum absolute atomic E-state index is 0.513. The van der Waals surface area contributed by atoms with Crippen LogP contribution in [-0.4, -0.2) is 96.7 Å². The fraction of sp³-hybridized carbons (Fsp3) is 0.915. The number of piperidine rings is 4. The van der Waals surface area contributed by atoms with E-state index in [2.05, 4.69) is 127 Å². The highest BCUT2D eigenvalue weighted by Gasteiger charge is 2.16. The van der Waals surface area contributed by atoms with Gasteiger partial charge in [0.25, 0.3) is 0 Å². The minimum Gasteiger partial charge on any atom is -0.330 e. The summed E-state index contributed by atoms with van der Waals surface area (Å²) in [6, 6.07) is 9.94. The van der Waals surface area contributed by atoms with E-state index in [-0.39, 0.29) is 0 Å². The summed E-state index contributed by atoms with van der Waals surface area (Å²) in [6.45, 7) is 39.6. The maximum absolute atomic E-state index is 5.73. The summed E-state index contributed by atoms with van der Waals surface area (Å²) in [5, 5.41) is 16.7. The highest BCUT2D eigenvalue weighted by Crippen LogP contribution is 2.23.